The van der Waals surface area contributed by atoms with Crippen molar-refractivity contribution in [1.29, 1.82) is 0 Å². The van der Waals surface area contributed by atoms with Gasteiger partial charge in [0.2, 0.25) is 0 Å². The fourth-order valence-electron chi connectivity index (χ4n) is 2.70. The van der Waals surface area contributed by atoms with Crippen molar-refractivity contribution in [2.45, 2.75) is 44.9 Å². The molecule has 0 aromatic rings. The third kappa shape index (κ3) is 1.67. The maximum absolute atomic E-state index is 11.6. The van der Waals surface area contributed by atoms with Gasteiger partial charge in [-0.3, -0.25) is 9.59 Å². The minimum Gasteiger partial charge on any atom is -0.299 e. The van der Waals surface area contributed by atoms with Crippen LogP contribution in [0.15, 0.2) is 0 Å². The molecule has 2 atom stereocenters. The molecule has 0 aromatic carbocycles. The van der Waals surface area contributed by atoms with Gasteiger partial charge in [0.1, 0.15) is 11.6 Å². The molecular formula is C11H16O2. The molecule has 2 unspecified atom stereocenters. The summed E-state index contributed by atoms with van der Waals surface area (Å²) in [5, 5.41) is 0. The predicted octanol–water partition coefficient (Wildman–Crippen LogP) is 2.11. The molecule has 0 spiro atoms. The zero-order valence-corrected chi connectivity index (χ0v) is 7.92. The standard InChI is InChI=1S/C11H16O2/c12-10-6-2-1-4-8(10)9-5-3-7-11(9)13/h8-9H,1-7H2. The van der Waals surface area contributed by atoms with Crippen LogP contribution in [0.25, 0.3) is 0 Å². The smallest absolute Gasteiger partial charge is 0.136 e. The quantitative estimate of drug-likeness (QED) is 0.619. The average molecular weight is 180 g/mol. The van der Waals surface area contributed by atoms with Crippen molar-refractivity contribution in [3.63, 3.8) is 0 Å². The molecule has 0 N–H and O–H groups in total. The largest absolute Gasteiger partial charge is 0.299 e. The van der Waals surface area contributed by atoms with Crippen LogP contribution in [0.5, 0.6) is 0 Å². The lowest BCUT2D eigenvalue weighted by atomic mass is 9.78. The van der Waals surface area contributed by atoms with Gasteiger partial charge in [-0.25, -0.2) is 0 Å². The monoisotopic (exact) mass is 180 g/mol. The first kappa shape index (κ1) is 8.92. The highest BCUT2D eigenvalue weighted by Crippen LogP contribution is 2.35. The summed E-state index contributed by atoms with van der Waals surface area (Å²) in [6.07, 6.45) is 6.55. The highest BCUT2D eigenvalue weighted by Gasteiger charge is 2.36. The van der Waals surface area contributed by atoms with Gasteiger partial charge in [-0.2, -0.15) is 0 Å². The third-order valence-electron chi connectivity index (χ3n) is 3.44. The summed E-state index contributed by atoms with van der Waals surface area (Å²) in [7, 11) is 0. The normalized spacial score (nSPS) is 35.4. The fraction of sp³-hybridized carbons (Fsp3) is 0.818. The average Bonchev–Trinajstić information content (AvgIpc) is 2.52. The van der Waals surface area contributed by atoms with E-state index in [0.29, 0.717) is 24.4 Å². The molecule has 2 fully saturated rings. The lowest BCUT2D eigenvalue weighted by molar-refractivity contribution is -0.132. The Morgan fingerprint density at radius 2 is 1.31 bits per heavy atom. The second-order valence-corrected chi connectivity index (χ2v) is 4.28. The Morgan fingerprint density at radius 3 is 1.85 bits per heavy atom. The summed E-state index contributed by atoms with van der Waals surface area (Å²) in [4.78, 5) is 23.0. The van der Waals surface area contributed by atoms with Crippen LogP contribution in [0, 0.1) is 11.8 Å². The second-order valence-electron chi connectivity index (χ2n) is 4.28. The van der Waals surface area contributed by atoms with E-state index < -0.39 is 0 Å². The van der Waals surface area contributed by atoms with E-state index >= 15 is 0 Å². The van der Waals surface area contributed by atoms with Crippen LogP contribution in [-0.2, 0) is 9.59 Å². The van der Waals surface area contributed by atoms with Crippen molar-refractivity contribution in [3.05, 3.63) is 0 Å². The summed E-state index contributed by atoms with van der Waals surface area (Å²) in [6.45, 7) is 0. The molecule has 72 valence electrons. The van der Waals surface area contributed by atoms with E-state index in [4.69, 9.17) is 0 Å². The number of rotatable bonds is 1. The molecule has 2 nitrogen and oxygen atoms in total. The fourth-order valence-corrected chi connectivity index (χ4v) is 2.70. The van der Waals surface area contributed by atoms with E-state index in [-0.39, 0.29) is 11.8 Å². The van der Waals surface area contributed by atoms with Crippen LogP contribution in [0.4, 0.5) is 0 Å². The van der Waals surface area contributed by atoms with E-state index in [1.807, 2.05) is 0 Å². The number of Topliss-reactive ketones (excluding diaryl/α,β-unsaturated/α-hetero) is 2. The molecule has 2 aliphatic carbocycles. The van der Waals surface area contributed by atoms with Gasteiger partial charge >= 0.3 is 0 Å². The topological polar surface area (TPSA) is 34.1 Å². The first-order valence-electron chi connectivity index (χ1n) is 5.34. The highest BCUT2D eigenvalue weighted by molar-refractivity contribution is 5.91. The van der Waals surface area contributed by atoms with Crippen LogP contribution in [0.2, 0.25) is 0 Å². The minimum atomic E-state index is 0.101. The van der Waals surface area contributed by atoms with Crippen molar-refractivity contribution in [2.75, 3.05) is 0 Å². The van der Waals surface area contributed by atoms with Gasteiger partial charge < -0.3 is 0 Å². The predicted molar refractivity (Wildman–Crippen MR) is 49.3 cm³/mol. The molecular weight excluding hydrogens is 164 g/mol. The summed E-state index contributed by atoms with van der Waals surface area (Å²) < 4.78 is 0. The lowest BCUT2D eigenvalue weighted by Crippen LogP contribution is -2.29. The SMILES string of the molecule is O=C1CCCCC1C1CCCC1=O. The van der Waals surface area contributed by atoms with Crippen LogP contribution < -0.4 is 0 Å². The molecule has 0 bridgehead atoms. The third-order valence-corrected chi connectivity index (χ3v) is 3.44. The number of ketones is 2. The molecule has 2 rings (SSSR count). The molecule has 2 aliphatic rings. The van der Waals surface area contributed by atoms with Crippen molar-refractivity contribution >= 4 is 11.6 Å². The molecule has 2 saturated carbocycles. The molecule has 13 heavy (non-hydrogen) atoms. The Labute approximate surface area is 78.7 Å². The van der Waals surface area contributed by atoms with Gasteiger partial charge in [-0.15, -0.1) is 0 Å². The van der Waals surface area contributed by atoms with Gasteiger partial charge in [0.15, 0.2) is 0 Å². The number of carbonyl (C=O) groups is 2. The van der Waals surface area contributed by atoms with Gasteiger partial charge in [-0.1, -0.05) is 6.42 Å². The summed E-state index contributed by atoms with van der Waals surface area (Å²) in [5.41, 5.74) is 0. The van der Waals surface area contributed by atoms with Crippen molar-refractivity contribution in [1.82, 2.24) is 0 Å². The number of hydrogen-bond acceptors (Lipinski definition) is 2. The van der Waals surface area contributed by atoms with E-state index in [9.17, 15) is 9.59 Å². The summed E-state index contributed by atoms with van der Waals surface area (Å²) in [6, 6.07) is 0. The molecule has 0 radical (unpaired) electrons. The maximum atomic E-state index is 11.6. The molecule has 0 heterocycles. The number of hydrogen-bond donors (Lipinski definition) is 0. The first-order valence-corrected chi connectivity index (χ1v) is 5.34. The Hall–Kier alpha value is -0.660. The Kier molecular flexibility index (Phi) is 2.47. The van der Waals surface area contributed by atoms with E-state index in [1.165, 1.54) is 0 Å². The lowest BCUT2D eigenvalue weighted by Gasteiger charge is -2.24. The van der Waals surface area contributed by atoms with E-state index in [2.05, 4.69) is 0 Å². The summed E-state index contributed by atoms with van der Waals surface area (Å²) in [5.74, 6) is 0.906. The van der Waals surface area contributed by atoms with E-state index in [1.54, 1.807) is 0 Å². The Balaban J connectivity index is 2.05. The molecule has 0 amide bonds. The number of carbonyl (C=O) groups excluding carboxylic acids is 2. The van der Waals surface area contributed by atoms with Crippen molar-refractivity contribution in [2.24, 2.45) is 11.8 Å². The van der Waals surface area contributed by atoms with Crippen LogP contribution in [0.1, 0.15) is 44.9 Å². The van der Waals surface area contributed by atoms with Gasteiger partial charge in [0, 0.05) is 24.7 Å². The van der Waals surface area contributed by atoms with Crippen LogP contribution in [0.3, 0.4) is 0 Å². The minimum absolute atomic E-state index is 0.101. The van der Waals surface area contributed by atoms with Crippen molar-refractivity contribution < 1.29 is 9.59 Å². The molecule has 0 saturated heterocycles. The molecule has 0 aliphatic heterocycles. The second kappa shape index (κ2) is 3.60. The molecule has 0 aromatic heterocycles. The van der Waals surface area contributed by atoms with Gasteiger partial charge in [0.05, 0.1) is 0 Å². The van der Waals surface area contributed by atoms with Crippen LogP contribution in [-0.4, -0.2) is 11.6 Å². The molecule has 2 heteroatoms. The maximum Gasteiger partial charge on any atom is 0.136 e. The van der Waals surface area contributed by atoms with Gasteiger partial charge in [-0.05, 0) is 25.7 Å². The van der Waals surface area contributed by atoms with Gasteiger partial charge in [0.25, 0.3) is 0 Å². The van der Waals surface area contributed by atoms with E-state index in [0.717, 1.165) is 32.1 Å². The zero-order valence-electron chi connectivity index (χ0n) is 7.92. The first-order chi connectivity index (χ1) is 6.29. The summed E-state index contributed by atoms with van der Waals surface area (Å²) >= 11 is 0. The van der Waals surface area contributed by atoms with Crippen molar-refractivity contribution in [3.8, 4) is 0 Å². The Morgan fingerprint density at radius 1 is 0.769 bits per heavy atom. The zero-order chi connectivity index (χ0) is 9.26. The van der Waals surface area contributed by atoms with Crippen LogP contribution >= 0.6 is 0 Å². The Bertz CT molecular complexity index is 232. The highest BCUT2D eigenvalue weighted by atomic mass is 16.1.